The van der Waals surface area contributed by atoms with Crippen LogP contribution in [-0.4, -0.2) is 25.0 Å². The normalized spacial score (nSPS) is 18.5. The number of carbonyl (C=O) groups is 2. The number of hydrogen-bond acceptors (Lipinski definition) is 4. The van der Waals surface area contributed by atoms with E-state index in [-0.39, 0.29) is 23.4 Å². The summed E-state index contributed by atoms with van der Waals surface area (Å²) in [5, 5.41) is 15.3. The van der Waals surface area contributed by atoms with Crippen LogP contribution in [0.15, 0.2) is 54.1 Å². The minimum absolute atomic E-state index is 0.0522. The largest absolute Gasteiger partial charge is 0.497 e. The van der Waals surface area contributed by atoms with E-state index in [0.29, 0.717) is 28.5 Å². The van der Waals surface area contributed by atoms with Crippen molar-refractivity contribution in [1.82, 2.24) is 5.32 Å². The molecule has 31 heavy (non-hydrogen) atoms. The van der Waals surface area contributed by atoms with E-state index in [4.69, 9.17) is 4.74 Å². The van der Waals surface area contributed by atoms with Gasteiger partial charge in [0.1, 0.15) is 17.4 Å². The highest BCUT2D eigenvalue weighted by Crippen LogP contribution is 2.24. The minimum Gasteiger partial charge on any atom is -0.497 e. The second kappa shape index (κ2) is 10.4. The number of nitrogens with zero attached hydrogens (tertiary/aromatic N) is 1. The Kier molecular flexibility index (Phi) is 7.45. The molecule has 3 rings (SSSR count). The third-order valence-corrected chi connectivity index (χ3v) is 5.60. The number of benzene rings is 2. The summed E-state index contributed by atoms with van der Waals surface area (Å²) in [6.07, 6.45) is 5.86. The van der Waals surface area contributed by atoms with Crippen LogP contribution in [-0.2, 0) is 4.79 Å². The van der Waals surface area contributed by atoms with Gasteiger partial charge < -0.3 is 15.4 Å². The van der Waals surface area contributed by atoms with Gasteiger partial charge in [-0.25, -0.2) is 0 Å². The number of hydrogen-bond donors (Lipinski definition) is 2. The van der Waals surface area contributed by atoms with Gasteiger partial charge in [-0.2, -0.15) is 5.26 Å². The van der Waals surface area contributed by atoms with Gasteiger partial charge in [0.05, 0.1) is 7.11 Å². The molecule has 2 aromatic rings. The van der Waals surface area contributed by atoms with E-state index < -0.39 is 0 Å². The quantitative estimate of drug-likeness (QED) is 0.533. The van der Waals surface area contributed by atoms with Gasteiger partial charge in [0.15, 0.2) is 0 Å². The molecule has 0 aliphatic heterocycles. The van der Waals surface area contributed by atoms with Crippen LogP contribution in [0.1, 0.15) is 48.5 Å². The summed E-state index contributed by atoms with van der Waals surface area (Å²) in [7, 11) is 1.57. The number of rotatable bonds is 6. The van der Waals surface area contributed by atoms with Crippen LogP contribution in [0.3, 0.4) is 0 Å². The predicted molar refractivity (Wildman–Crippen MR) is 121 cm³/mol. The summed E-state index contributed by atoms with van der Waals surface area (Å²) in [6.45, 7) is 2.13. The highest BCUT2D eigenvalue weighted by Gasteiger charge is 2.24. The molecule has 6 nitrogen and oxygen atoms in total. The maximum atomic E-state index is 12.6. The molecule has 1 aliphatic rings. The van der Waals surface area contributed by atoms with Crippen molar-refractivity contribution in [2.24, 2.45) is 5.92 Å². The second-order valence-electron chi connectivity index (χ2n) is 7.82. The van der Waals surface area contributed by atoms with Crippen molar-refractivity contribution in [1.29, 1.82) is 5.26 Å². The monoisotopic (exact) mass is 417 g/mol. The fourth-order valence-corrected chi connectivity index (χ4v) is 3.74. The summed E-state index contributed by atoms with van der Waals surface area (Å²) in [5.74, 6) is 0.477. The second-order valence-corrected chi connectivity index (χ2v) is 7.82. The van der Waals surface area contributed by atoms with Crippen molar-refractivity contribution in [2.45, 2.75) is 38.6 Å². The van der Waals surface area contributed by atoms with E-state index in [9.17, 15) is 14.9 Å². The number of amides is 2. The number of ether oxygens (including phenoxy) is 1. The molecule has 1 fully saturated rings. The molecule has 0 radical (unpaired) electrons. The molecule has 1 saturated carbocycles. The van der Waals surface area contributed by atoms with E-state index in [1.807, 2.05) is 6.07 Å². The molecule has 0 bridgehead atoms. The van der Waals surface area contributed by atoms with Crippen LogP contribution < -0.4 is 15.4 Å². The summed E-state index contributed by atoms with van der Waals surface area (Å²) in [4.78, 5) is 25.1. The molecular weight excluding hydrogens is 390 g/mol. The summed E-state index contributed by atoms with van der Waals surface area (Å²) in [5.41, 5.74) is 1.79. The smallest absolute Gasteiger partial charge is 0.262 e. The maximum absolute atomic E-state index is 12.6. The van der Waals surface area contributed by atoms with E-state index in [1.54, 1.807) is 61.7 Å². The lowest BCUT2D eigenvalue weighted by Gasteiger charge is -2.29. The first-order valence-electron chi connectivity index (χ1n) is 10.5. The Bertz CT molecular complexity index is 1010. The predicted octanol–water partition coefficient (Wildman–Crippen LogP) is 4.55. The van der Waals surface area contributed by atoms with Crippen LogP contribution >= 0.6 is 0 Å². The van der Waals surface area contributed by atoms with Crippen molar-refractivity contribution >= 4 is 23.6 Å². The Hall–Kier alpha value is -3.59. The lowest BCUT2D eigenvalue weighted by atomic mass is 9.86. The first kappa shape index (κ1) is 22.1. The van der Waals surface area contributed by atoms with Crippen molar-refractivity contribution in [3.8, 4) is 11.8 Å². The Morgan fingerprint density at radius 3 is 2.55 bits per heavy atom. The number of methoxy groups -OCH3 is 1. The van der Waals surface area contributed by atoms with Crippen LogP contribution in [0.4, 0.5) is 5.69 Å². The van der Waals surface area contributed by atoms with Crippen LogP contribution in [0.25, 0.3) is 6.08 Å². The number of anilines is 1. The molecule has 0 spiro atoms. The van der Waals surface area contributed by atoms with Gasteiger partial charge in [0.2, 0.25) is 0 Å². The van der Waals surface area contributed by atoms with E-state index in [2.05, 4.69) is 17.6 Å². The average molecular weight is 418 g/mol. The topological polar surface area (TPSA) is 91.2 Å². The van der Waals surface area contributed by atoms with Gasteiger partial charge in [0, 0.05) is 17.3 Å². The number of carbonyl (C=O) groups excluding carboxylic acids is 2. The third kappa shape index (κ3) is 5.95. The first-order valence-corrected chi connectivity index (χ1v) is 10.5. The Balaban J connectivity index is 1.70. The van der Waals surface area contributed by atoms with E-state index in [0.717, 1.165) is 19.3 Å². The first-order chi connectivity index (χ1) is 15.0. The fraction of sp³-hybridized carbons (Fsp3) is 0.320. The fourth-order valence-electron chi connectivity index (χ4n) is 3.74. The Labute approximate surface area is 182 Å². The molecule has 2 unspecified atom stereocenters. The van der Waals surface area contributed by atoms with Crippen molar-refractivity contribution < 1.29 is 14.3 Å². The van der Waals surface area contributed by atoms with E-state index >= 15 is 0 Å². The molecule has 0 saturated heterocycles. The number of nitrogens with one attached hydrogen (secondary N) is 2. The minimum atomic E-state index is -0.353. The molecule has 2 amide bonds. The van der Waals surface area contributed by atoms with Crippen LogP contribution in [0.5, 0.6) is 5.75 Å². The molecule has 2 N–H and O–H groups in total. The van der Waals surface area contributed by atoms with Crippen LogP contribution in [0, 0.1) is 17.2 Å². The van der Waals surface area contributed by atoms with Crippen LogP contribution in [0.2, 0.25) is 0 Å². The van der Waals surface area contributed by atoms with Gasteiger partial charge >= 0.3 is 0 Å². The zero-order valence-electron chi connectivity index (χ0n) is 17.9. The molecule has 2 aromatic carbocycles. The highest BCUT2D eigenvalue weighted by atomic mass is 16.5. The summed E-state index contributed by atoms with van der Waals surface area (Å²) < 4.78 is 5.11. The number of nitriles is 1. The SMILES string of the molecule is COc1ccc(C(=O)Nc2cccc(/C=C(\C#N)C(=O)NC3CCCCC3C)c2)cc1. The molecule has 1 aliphatic carbocycles. The molecular formula is C25H27N3O3. The van der Waals surface area contributed by atoms with Gasteiger partial charge in [-0.3, -0.25) is 9.59 Å². The van der Waals surface area contributed by atoms with Gasteiger partial charge in [0.25, 0.3) is 11.8 Å². The molecule has 160 valence electrons. The summed E-state index contributed by atoms with van der Waals surface area (Å²) in [6, 6.07) is 16.0. The zero-order valence-corrected chi connectivity index (χ0v) is 17.9. The molecule has 0 aromatic heterocycles. The molecule has 2 atom stereocenters. The third-order valence-electron chi connectivity index (χ3n) is 5.60. The molecule has 0 heterocycles. The van der Waals surface area contributed by atoms with Gasteiger partial charge in [-0.15, -0.1) is 0 Å². The standard InChI is InChI=1S/C25H27N3O3/c1-17-6-3-4-9-23(17)28-25(30)20(16-26)14-18-7-5-8-21(15-18)27-24(29)19-10-12-22(31-2)13-11-19/h5,7-8,10-15,17,23H,3-4,6,9H2,1-2H3,(H,27,29)(H,28,30)/b20-14+. The maximum Gasteiger partial charge on any atom is 0.262 e. The van der Waals surface area contributed by atoms with E-state index in [1.165, 1.54) is 6.42 Å². The van der Waals surface area contributed by atoms with Crippen molar-refractivity contribution in [3.05, 3.63) is 65.2 Å². The van der Waals surface area contributed by atoms with Crippen molar-refractivity contribution in [3.63, 3.8) is 0 Å². The zero-order chi connectivity index (χ0) is 22.2. The van der Waals surface area contributed by atoms with Crippen molar-refractivity contribution in [2.75, 3.05) is 12.4 Å². The average Bonchev–Trinajstić information content (AvgIpc) is 2.79. The van der Waals surface area contributed by atoms with Gasteiger partial charge in [-0.05, 0) is 66.8 Å². The lowest BCUT2D eigenvalue weighted by molar-refractivity contribution is -0.118. The Morgan fingerprint density at radius 1 is 1.13 bits per heavy atom. The van der Waals surface area contributed by atoms with Gasteiger partial charge in [-0.1, -0.05) is 31.9 Å². The summed E-state index contributed by atoms with van der Waals surface area (Å²) >= 11 is 0. The molecule has 6 heteroatoms. The lowest BCUT2D eigenvalue weighted by Crippen LogP contribution is -2.41. The highest BCUT2D eigenvalue weighted by molar-refractivity contribution is 6.05. The Morgan fingerprint density at radius 2 is 1.87 bits per heavy atom.